The first-order valence-electron chi connectivity index (χ1n) is 8.26. The number of halogens is 2. The first-order valence-corrected chi connectivity index (χ1v) is 8.64. The van der Waals surface area contributed by atoms with E-state index in [1.54, 1.807) is 13.3 Å². The third-order valence-corrected chi connectivity index (χ3v) is 4.27. The zero-order chi connectivity index (χ0) is 18.7. The zero-order valence-electron chi connectivity index (χ0n) is 15.3. The van der Waals surface area contributed by atoms with Gasteiger partial charge in [-0.15, -0.1) is 12.4 Å². The molecule has 0 saturated heterocycles. The Morgan fingerprint density at radius 2 is 2.15 bits per heavy atom. The second kappa shape index (κ2) is 9.08. The maximum absolute atomic E-state index is 12.7. The Balaban J connectivity index is 0.00000261. The fourth-order valence-corrected chi connectivity index (χ4v) is 3.07. The van der Waals surface area contributed by atoms with Crippen LogP contribution in [0.5, 0.6) is 0 Å². The molecule has 6 nitrogen and oxygen atoms in total. The summed E-state index contributed by atoms with van der Waals surface area (Å²) < 4.78 is 6.99. The molecule has 3 rings (SSSR count). The third-order valence-electron chi connectivity index (χ3n) is 4.03. The lowest BCUT2D eigenvalue weighted by Crippen LogP contribution is -2.35. The fraction of sp³-hybridized carbons (Fsp3) is 0.263. The number of aromatic nitrogens is 2. The van der Waals surface area contributed by atoms with Crippen LogP contribution in [0.4, 0.5) is 11.5 Å². The average molecular weight is 409 g/mol. The van der Waals surface area contributed by atoms with E-state index in [2.05, 4.69) is 15.6 Å². The van der Waals surface area contributed by atoms with E-state index in [0.717, 1.165) is 16.6 Å². The van der Waals surface area contributed by atoms with E-state index in [9.17, 15) is 4.79 Å². The number of pyridine rings is 1. The molecule has 1 atom stereocenters. The summed E-state index contributed by atoms with van der Waals surface area (Å²) in [4.78, 5) is 17.1. The molecule has 27 heavy (non-hydrogen) atoms. The molecular weight excluding hydrogens is 387 g/mol. The Kier molecular flexibility index (Phi) is 7.07. The minimum Gasteiger partial charge on any atom is -0.383 e. The second-order valence-electron chi connectivity index (χ2n) is 6.17. The molecule has 0 aliphatic carbocycles. The number of fused-ring (bicyclic) bond motifs is 1. The van der Waals surface area contributed by atoms with Crippen molar-refractivity contribution in [2.45, 2.75) is 13.0 Å². The topological polar surface area (TPSA) is 68.2 Å². The number of nitrogens with zero attached hydrogens (tertiary/aromatic N) is 2. The number of nitrogens with one attached hydrogen (secondary N) is 2. The molecule has 0 unspecified atom stereocenters. The first-order chi connectivity index (χ1) is 12.5. The van der Waals surface area contributed by atoms with Crippen molar-refractivity contribution in [3.63, 3.8) is 0 Å². The predicted octanol–water partition coefficient (Wildman–Crippen LogP) is 4.16. The molecule has 144 valence electrons. The number of ether oxygens (including phenoxy) is 1. The van der Waals surface area contributed by atoms with Gasteiger partial charge in [-0.05, 0) is 31.2 Å². The molecule has 8 heteroatoms. The minimum atomic E-state index is -0.178. The molecule has 0 aliphatic rings. The van der Waals surface area contributed by atoms with E-state index in [1.165, 1.54) is 0 Å². The van der Waals surface area contributed by atoms with E-state index >= 15 is 0 Å². The van der Waals surface area contributed by atoms with Gasteiger partial charge in [0.05, 0.1) is 17.7 Å². The number of carbonyl (C=O) groups is 1. The number of carbonyl (C=O) groups excluding carboxylic acids is 1. The van der Waals surface area contributed by atoms with Crippen LogP contribution in [0.1, 0.15) is 17.3 Å². The molecule has 2 N–H and O–H groups in total. The number of amides is 1. The van der Waals surface area contributed by atoms with Crippen LogP contribution in [0.2, 0.25) is 5.02 Å². The number of benzene rings is 1. The van der Waals surface area contributed by atoms with Gasteiger partial charge in [-0.1, -0.05) is 17.7 Å². The summed E-state index contributed by atoms with van der Waals surface area (Å²) in [7, 11) is 3.51. The first kappa shape index (κ1) is 21.0. The maximum Gasteiger partial charge on any atom is 0.255 e. The van der Waals surface area contributed by atoms with Crippen molar-refractivity contribution < 1.29 is 9.53 Å². The predicted molar refractivity (Wildman–Crippen MR) is 112 cm³/mol. The van der Waals surface area contributed by atoms with Gasteiger partial charge in [0, 0.05) is 48.7 Å². The molecule has 0 saturated carbocycles. The van der Waals surface area contributed by atoms with Crippen LogP contribution < -0.4 is 10.6 Å². The lowest BCUT2D eigenvalue weighted by atomic mass is 10.1. The van der Waals surface area contributed by atoms with Crippen LogP contribution in [-0.2, 0) is 11.8 Å². The number of methoxy groups -OCH3 is 1. The highest BCUT2D eigenvalue weighted by Gasteiger charge is 2.18. The molecule has 2 heterocycles. The molecule has 1 aromatic carbocycles. The number of hydrogen-bond acceptors (Lipinski definition) is 4. The van der Waals surface area contributed by atoms with Gasteiger partial charge >= 0.3 is 0 Å². The normalized spacial score (nSPS) is 11.7. The minimum absolute atomic E-state index is 0. The Morgan fingerprint density at radius 1 is 1.37 bits per heavy atom. The van der Waals surface area contributed by atoms with E-state index in [4.69, 9.17) is 16.3 Å². The number of rotatable bonds is 6. The van der Waals surface area contributed by atoms with Gasteiger partial charge in [0.1, 0.15) is 5.82 Å². The van der Waals surface area contributed by atoms with Gasteiger partial charge in [0.15, 0.2) is 0 Å². The lowest BCUT2D eigenvalue weighted by molar-refractivity contribution is 0.0906. The molecule has 0 fully saturated rings. The van der Waals surface area contributed by atoms with E-state index in [-0.39, 0.29) is 24.4 Å². The van der Waals surface area contributed by atoms with Crippen LogP contribution in [0.15, 0.2) is 42.7 Å². The quantitative estimate of drug-likeness (QED) is 0.642. The maximum atomic E-state index is 12.7. The molecular formula is C19H22Cl2N4O2. The highest BCUT2D eigenvalue weighted by Crippen LogP contribution is 2.28. The van der Waals surface area contributed by atoms with Gasteiger partial charge < -0.3 is 19.9 Å². The molecule has 1 amide bonds. The molecule has 0 spiro atoms. The van der Waals surface area contributed by atoms with Crippen LogP contribution >= 0.6 is 24.0 Å². The Labute approximate surface area is 169 Å². The van der Waals surface area contributed by atoms with Crippen LogP contribution in [-0.4, -0.2) is 35.2 Å². The van der Waals surface area contributed by atoms with Crippen LogP contribution in [0.25, 0.3) is 10.9 Å². The summed E-state index contributed by atoms with van der Waals surface area (Å²) in [6.07, 6.45) is 3.49. The molecule has 0 radical (unpaired) electrons. The second-order valence-corrected chi connectivity index (χ2v) is 6.61. The third kappa shape index (κ3) is 4.71. The summed E-state index contributed by atoms with van der Waals surface area (Å²) in [6.45, 7) is 2.34. The van der Waals surface area contributed by atoms with E-state index in [1.807, 2.05) is 55.1 Å². The van der Waals surface area contributed by atoms with Crippen molar-refractivity contribution in [2.24, 2.45) is 7.05 Å². The highest BCUT2D eigenvalue weighted by atomic mass is 35.5. The molecule has 0 bridgehead atoms. The SMILES string of the molecule is COC[C@H](C)NC(=O)c1cnc(Nc2cccc(Cl)c2)c2ccn(C)c12.Cl. The van der Waals surface area contributed by atoms with Gasteiger partial charge in [0.25, 0.3) is 5.91 Å². The average Bonchev–Trinajstić information content (AvgIpc) is 2.98. The van der Waals surface area contributed by atoms with Crippen molar-refractivity contribution in [1.29, 1.82) is 0 Å². The van der Waals surface area contributed by atoms with Crippen LogP contribution in [0, 0.1) is 0 Å². The summed E-state index contributed by atoms with van der Waals surface area (Å²) in [6, 6.07) is 9.26. The Morgan fingerprint density at radius 3 is 2.85 bits per heavy atom. The smallest absolute Gasteiger partial charge is 0.255 e. The summed E-state index contributed by atoms with van der Waals surface area (Å²) in [5.41, 5.74) is 2.17. The Bertz CT molecular complexity index is 943. The van der Waals surface area contributed by atoms with Gasteiger partial charge in [-0.25, -0.2) is 4.98 Å². The number of hydrogen-bond donors (Lipinski definition) is 2. The zero-order valence-corrected chi connectivity index (χ0v) is 16.9. The fourth-order valence-electron chi connectivity index (χ4n) is 2.88. The van der Waals surface area contributed by atoms with Crippen molar-refractivity contribution in [3.05, 3.63) is 53.3 Å². The summed E-state index contributed by atoms with van der Waals surface area (Å²) in [5, 5.41) is 7.70. The molecule has 0 aliphatic heterocycles. The lowest BCUT2D eigenvalue weighted by Gasteiger charge is -2.15. The van der Waals surface area contributed by atoms with Crippen molar-refractivity contribution in [1.82, 2.24) is 14.9 Å². The Hall–Kier alpha value is -2.28. The monoisotopic (exact) mass is 408 g/mol. The van der Waals surface area contributed by atoms with Gasteiger partial charge in [-0.2, -0.15) is 0 Å². The summed E-state index contributed by atoms with van der Waals surface area (Å²) >= 11 is 6.05. The number of aryl methyl sites for hydroxylation is 1. The highest BCUT2D eigenvalue weighted by molar-refractivity contribution is 6.30. The van der Waals surface area contributed by atoms with Crippen LogP contribution in [0.3, 0.4) is 0 Å². The molecule has 2 aromatic heterocycles. The van der Waals surface area contributed by atoms with Crippen molar-refractivity contribution >= 4 is 52.3 Å². The standard InChI is InChI=1S/C19H21ClN4O2.ClH/c1-12(11-26-3)22-19(25)16-10-21-18(15-7-8-24(2)17(15)16)23-14-6-4-5-13(20)9-14;/h4-10,12H,11H2,1-3H3,(H,21,23)(H,22,25);1H/t12-;/m0./s1. The van der Waals surface area contributed by atoms with Gasteiger partial charge in [-0.3, -0.25) is 4.79 Å². The van der Waals surface area contributed by atoms with Crippen molar-refractivity contribution in [2.75, 3.05) is 19.0 Å². The number of anilines is 2. The van der Waals surface area contributed by atoms with E-state index in [0.29, 0.717) is 23.0 Å². The van der Waals surface area contributed by atoms with E-state index < -0.39 is 0 Å². The largest absolute Gasteiger partial charge is 0.383 e. The molecule has 3 aromatic rings. The van der Waals surface area contributed by atoms with Crippen molar-refractivity contribution in [3.8, 4) is 0 Å². The summed E-state index contributed by atoms with van der Waals surface area (Å²) in [5.74, 6) is 0.493. The van der Waals surface area contributed by atoms with Gasteiger partial charge in [0.2, 0.25) is 0 Å².